The number of hydrogen-bond donors (Lipinski definition) is 3. The maximum Gasteiger partial charge on any atom is 0.251 e. The van der Waals surface area contributed by atoms with Crippen molar-refractivity contribution in [1.82, 2.24) is 20.2 Å². The van der Waals surface area contributed by atoms with Crippen LogP contribution in [0.3, 0.4) is 0 Å². The smallest absolute Gasteiger partial charge is 0.251 e. The lowest BCUT2D eigenvalue weighted by molar-refractivity contribution is 0.0944. The minimum atomic E-state index is -1.44. The minimum Gasteiger partial charge on any atom is -0.373 e. The van der Waals surface area contributed by atoms with Gasteiger partial charge in [-0.25, -0.2) is 4.98 Å². The lowest BCUT2D eigenvalue weighted by Crippen LogP contribution is -2.35. The Bertz CT molecular complexity index is 1260. The van der Waals surface area contributed by atoms with E-state index >= 15 is 0 Å². The van der Waals surface area contributed by atoms with Gasteiger partial charge >= 0.3 is 0 Å². The molecule has 0 saturated carbocycles. The fraction of sp³-hybridized carbons (Fsp3) is 0.310. The molecule has 1 aliphatic heterocycles. The SMILES string of the molecule is CCn1c(C(O)(c2ccccc2)c2ccccc2)nc2ccc(C(=O)NCC3CCNCC3)cc21. The summed E-state index contributed by atoms with van der Waals surface area (Å²) in [5, 5.41) is 18.8. The highest BCUT2D eigenvalue weighted by molar-refractivity contribution is 5.97. The van der Waals surface area contributed by atoms with Crippen molar-refractivity contribution in [3.63, 3.8) is 0 Å². The van der Waals surface area contributed by atoms with Gasteiger partial charge in [-0.2, -0.15) is 0 Å². The zero-order valence-electron chi connectivity index (χ0n) is 20.1. The quantitative estimate of drug-likeness (QED) is 0.382. The summed E-state index contributed by atoms with van der Waals surface area (Å²) in [4.78, 5) is 17.9. The summed E-state index contributed by atoms with van der Waals surface area (Å²) in [6.07, 6.45) is 2.17. The maximum atomic E-state index is 13.0. The van der Waals surface area contributed by atoms with E-state index in [1.807, 2.05) is 90.4 Å². The Hall–Kier alpha value is -3.48. The maximum absolute atomic E-state index is 13.0. The summed E-state index contributed by atoms with van der Waals surface area (Å²) in [5.41, 5.74) is 2.25. The zero-order valence-corrected chi connectivity index (χ0v) is 20.1. The number of aryl methyl sites for hydroxylation is 1. The standard InChI is InChI=1S/C29H32N4O2/c1-2-33-26-19-22(27(34)31-20-21-15-17-30-18-16-21)13-14-25(26)32-28(33)29(35,23-9-5-3-6-10-23)24-11-7-4-8-12-24/h3-14,19,21,30,35H,2,15-18,20H2,1H3,(H,31,34). The summed E-state index contributed by atoms with van der Waals surface area (Å²) in [6, 6.07) is 24.8. The van der Waals surface area contributed by atoms with Gasteiger partial charge in [-0.3, -0.25) is 4.79 Å². The number of aliphatic hydroxyl groups is 1. The largest absolute Gasteiger partial charge is 0.373 e. The van der Waals surface area contributed by atoms with Crippen molar-refractivity contribution >= 4 is 16.9 Å². The Morgan fingerprint density at radius 2 is 1.66 bits per heavy atom. The molecule has 4 aromatic rings. The van der Waals surface area contributed by atoms with Crippen LogP contribution >= 0.6 is 0 Å². The first-order valence-electron chi connectivity index (χ1n) is 12.4. The molecule has 5 rings (SSSR count). The van der Waals surface area contributed by atoms with Crippen LogP contribution in [0.4, 0.5) is 0 Å². The highest BCUT2D eigenvalue weighted by Crippen LogP contribution is 2.37. The van der Waals surface area contributed by atoms with E-state index in [2.05, 4.69) is 10.6 Å². The number of benzene rings is 3. The number of carbonyl (C=O) groups excluding carboxylic acids is 1. The van der Waals surface area contributed by atoms with Crippen molar-refractivity contribution in [2.45, 2.75) is 31.9 Å². The first kappa shape index (κ1) is 23.3. The number of nitrogens with zero attached hydrogens (tertiary/aromatic N) is 2. The number of rotatable bonds is 7. The second-order valence-electron chi connectivity index (χ2n) is 9.23. The van der Waals surface area contributed by atoms with E-state index in [1.54, 1.807) is 0 Å². The van der Waals surface area contributed by atoms with Gasteiger partial charge < -0.3 is 20.3 Å². The van der Waals surface area contributed by atoms with Crippen LogP contribution in [0.2, 0.25) is 0 Å². The van der Waals surface area contributed by atoms with Crippen LogP contribution < -0.4 is 10.6 Å². The number of piperidine rings is 1. The van der Waals surface area contributed by atoms with E-state index < -0.39 is 5.60 Å². The Morgan fingerprint density at radius 3 is 2.26 bits per heavy atom. The molecule has 0 radical (unpaired) electrons. The molecule has 0 aliphatic carbocycles. The van der Waals surface area contributed by atoms with Crippen LogP contribution in [0.5, 0.6) is 0 Å². The third kappa shape index (κ3) is 4.47. The van der Waals surface area contributed by atoms with Crippen LogP contribution in [-0.2, 0) is 12.1 Å². The van der Waals surface area contributed by atoms with Gasteiger partial charge in [-0.1, -0.05) is 60.7 Å². The Labute approximate surface area is 206 Å². The summed E-state index contributed by atoms with van der Waals surface area (Å²) < 4.78 is 2.01. The molecule has 0 spiro atoms. The third-order valence-corrected chi connectivity index (χ3v) is 7.04. The van der Waals surface area contributed by atoms with E-state index in [4.69, 9.17) is 4.98 Å². The molecule has 0 unspecified atom stereocenters. The summed E-state index contributed by atoms with van der Waals surface area (Å²) >= 11 is 0. The van der Waals surface area contributed by atoms with Crippen molar-refractivity contribution in [2.75, 3.05) is 19.6 Å². The Morgan fingerprint density at radius 1 is 1.03 bits per heavy atom. The monoisotopic (exact) mass is 468 g/mol. The first-order valence-corrected chi connectivity index (χ1v) is 12.4. The van der Waals surface area contributed by atoms with E-state index in [-0.39, 0.29) is 5.91 Å². The first-order chi connectivity index (χ1) is 17.1. The van der Waals surface area contributed by atoms with Crippen molar-refractivity contribution in [1.29, 1.82) is 0 Å². The molecule has 0 atom stereocenters. The number of imidazole rings is 1. The summed E-state index contributed by atoms with van der Waals surface area (Å²) in [5.74, 6) is 0.986. The van der Waals surface area contributed by atoms with Gasteiger partial charge in [-0.15, -0.1) is 0 Å². The number of amides is 1. The van der Waals surface area contributed by atoms with E-state index in [1.165, 1.54) is 0 Å². The molecule has 1 fully saturated rings. The number of fused-ring (bicyclic) bond motifs is 1. The van der Waals surface area contributed by atoms with Gasteiger partial charge in [0.05, 0.1) is 11.0 Å². The van der Waals surface area contributed by atoms with Crippen LogP contribution in [0.15, 0.2) is 78.9 Å². The predicted molar refractivity (Wildman–Crippen MR) is 138 cm³/mol. The molecular weight excluding hydrogens is 436 g/mol. The third-order valence-electron chi connectivity index (χ3n) is 7.04. The van der Waals surface area contributed by atoms with Crippen molar-refractivity contribution in [3.8, 4) is 0 Å². The number of aromatic nitrogens is 2. The average Bonchev–Trinajstić information content (AvgIpc) is 3.31. The average molecular weight is 469 g/mol. The van der Waals surface area contributed by atoms with Gasteiger partial charge in [0.15, 0.2) is 11.4 Å². The molecule has 35 heavy (non-hydrogen) atoms. The Balaban J connectivity index is 1.54. The highest BCUT2D eigenvalue weighted by Gasteiger charge is 2.38. The summed E-state index contributed by atoms with van der Waals surface area (Å²) in [7, 11) is 0. The van der Waals surface area contributed by atoms with Gasteiger partial charge in [0.1, 0.15) is 0 Å². The second-order valence-corrected chi connectivity index (χ2v) is 9.23. The van der Waals surface area contributed by atoms with Crippen LogP contribution in [0.1, 0.15) is 47.1 Å². The van der Waals surface area contributed by atoms with Gasteiger partial charge in [0.25, 0.3) is 5.91 Å². The van der Waals surface area contributed by atoms with Crippen molar-refractivity contribution < 1.29 is 9.90 Å². The fourth-order valence-corrected chi connectivity index (χ4v) is 5.07. The molecule has 3 aromatic carbocycles. The molecule has 0 bridgehead atoms. The molecule has 1 aromatic heterocycles. The van der Waals surface area contributed by atoms with Gasteiger partial charge in [0.2, 0.25) is 0 Å². The number of nitrogens with one attached hydrogen (secondary N) is 2. The molecule has 6 heteroatoms. The highest BCUT2D eigenvalue weighted by atomic mass is 16.3. The molecule has 1 saturated heterocycles. The fourth-order valence-electron chi connectivity index (χ4n) is 5.07. The number of hydrogen-bond acceptors (Lipinski definition) is 4. The lowest BCUT2D eigenvalue weighted by atomic mass is 9.85. The second kappa shape index (κ2) is 10.0. The zero-order chi connectivity index (χ0) is 24.3. The summed E-state index contributed by atoms with van der Waals surface area (Å²) in [6.45, 7) is 5.35. The molecule has 180 valence electrons. The predicted octanol–water partition coefficient (Wildman–Crippen LogP) is 4.07. The topological polar surface area (TPSA) is 79.2 Å². The molecule has 1 amide bonds. The number of carbonyl (C=O) groups is 1. The van der Waals surface area contributed by atoms with E-state index in [9.17, 15) is 9.90 Å². The lowest BCUT2D eigenvalue weighted by Gasteiger charge is -2.29. The molecule has 6 nitrogen and oxygen atoms in total. The van der Waals surface area contributed by atoms with Crippen molar-refractivity contribution in [2.24, 2.45) is 5.92 Å². The minimum absolute atomic E-state index is 0.0720. The molecule has 2 heterocycles. The molecular formula is C29H32N4O2. The van der Waals surface area contributed by atoms with Crippen LogP contribution in [0.25, 0.3) is 11.0 Å². The van der Waals surface area contributed by atoms with Gasteiger partial charge in [0, 0.05) is 18.7 Å². The molecule has 3 N–H and O–H groups in total. The van der Waals surface area contributed by atoms with E-state index in [0.717, 1.165) is 48.1 Å². The van der Waals surface area contributed by atoms with Crippen LogP contribution in [0, 0.1) is 5.92 Å². The van der Waals surface area contributed by atoms with Crippen molar-refractivity contribution in [3.05, 3.63) is 101 Å². The molecule has 1 aliphatic rings. The van der Waals surface area contributed by atoms with E-state index in [0.29, 0.717) is 30.4 Å². The van der Waals surface area contributed by atoms with Crippen LogP contribution in [-0.4, -0.2) is 40.2 Å². The Kier molecular flexibility index (Phi) is 6.66. The normalized spacial score (nSPS) is 14.8. The van der Waals surface area contributed by atoms with Gasteiger partial charge in [-0.05, 0) is 68.1 Å².